The van der Waals surface area contributed by atoms with Gasteiger partial charge in [-0.05, 0) is 31.5 Å². The number of methoxy groups -OCH3 is 1. The predicted octanol–water partition coefficient (Wildman–Crippen LogP) is 2.02. The summed E-state index contributed by atoms with van der Waals surface area (Å²) in [4.78, 5) is 11.9. The zero-order valence-electron chi connectivity index (χ0n) is 12.0. The number of ether oxygens (including phenoxy) is 1. The third kappa shape index (κ3) is 4.12. The molecule has 1 aromatic carbocycles. The first-order valence-corrected chi connectivity index (χ1v) is 6.64. The highest BCUT2D eigenvalue weighted by molar-refractivity contribution is 5.94. The van der Waals surface area contributed by atoms with Crippen LogP contribution in [0.4, 0.5) is 13.2 Å². The van der Waals surface area contributed by atoms with Crippen LogP contribution in [-0.2, 0) is 4.74 Å². The molecular formula is C14H18ClF3N2O2. The van der Waals surface area contributed by atoms with Crippen LogP contribution in [0.2, 0.25) is 0 Å². The van der Waals surface area contributed by atoms with Gasteiger partial charge in [-0.15, -0.1) is 12.4 Å². The summed E-state index contributed by atoms with van der Waals surface area (Å²) in [6.45, 7) is 1.50. The van der Waals surface area contributed by atoms with Crippen LogP contribution >= 0.6 is 12.4 Å². The molecule has 1 aromatic rings. The molecule has 22 heavy (non-hydrogen) atoms. The fourth-order valence-corrected chi connectivity index (χ4v) is 2.51. The first-order valence-electron chi connectivity index (χ1n) is 6.64. The van der Waals surface area contributed by atoms with E-state index >= 15 is 0 Å². The lowest BCUT2D eigenvalue weighted by Crippen LogP contribution is -2.53. The SMILES string of the molecule is COCC1(CNC(=O)c2cc(F)c(F)c(F)c2)CCCN1.Cl. The van der Waals surface area contributed by atoms with Crippen molar-refractivity contribution >= 4 is 18.3 Å². The van der Waals surface area contributed by atoms with Crippen LogP contribution in [-0.4, -0.2) is 38.3 Å². The van der Waals surface area contributed by atoms with Gasteiger partial charge >= 0.3 is 0 Å². The normalized spacial score (nSPS) is 20.5. The van der Waals surface area contributed by atoms with E-state index in [0.717, 1.165) is 19.4 Å². The van der Waals surface area contributed by atoms with E-state index in [1.807, 2.05) is 0 Å². The van der Waals surface area contributed by atoms with Crippen molar-refractivity contribution in [2.75, 3.05) is 26.8 Å². The molecule has 0 spiro atoms. The molecule has 1 amide bonds. The molecular weight excluding hydrogens is 321 g/mol. The summed E-state index contributed by atoms with van der Waals surface area (Å²) < 4.78 is 44.2. The van der Waals surface area contributed by atoms with Crippen LogP contribution in [0.5, 0.6) is 0 Å². The minimum Gasteiger partial charge on any atom is -0.383 e. The summed E-state index contributed by atoms with van der Waals surface area (Å²) >= 11 is 0. The third-order valence-electron chi connectivity index (χ3n) is 3.59. The molecule has 1 heterocycles. The van der Waals surface area contributed by atoms with Gasteiger partial charge in [0.15, 0.2) is 17.5 Å². The number of amides is 1. The topological polar surface area (TPSA) is 50.4 Å². The summed E-state index contributed by atoms with van der Waals surface area (Å²) in [5, 5.41) is 5.87. The van der Waals surface area contributed by atoms with Crippen molar-refractivity contribution in [2.24, 2.45) is 0 Å². The first-order chi connectivity index (χ1) is 9.97. The number of nitrogens with one attached hydrogen (secondary N) is 2. The molecule has 0 radical (unpaired) electrons. The molecule has 1 unspecified atom stereocenters. The predicted molar refractivity (Wildman–Crippen MR) is 77.7 cm³/mol. The molecule has 1 atom stereocenters. The van der Waals surface area contributed by atoms with E-state index in [0.29, 0.717) is 18.7 Å². The largest absolute Gasteiger partial charge is 0.383 e. The van der Waals surface area contributed by atoms with Gasteiger partial charge in [-0.25, -0.2) is 13.2 Å². The van der Waals surface area contributed by atoms with Crippen LogP contribution in [0, 0.1) is 17.5 Å². The summed E-state index contributed by atoms with van der Waals surface area (Å²) in [7, 11) is 1.56. The number of rotatable bonds is 5. The van der Waals surface area contributed by atoms with Gasteiger partial charge in [-0.1, -0.05) is 0 Å². The Balaban J connectivity index is 0.00000242. The lowest BCUT2D eigenvalue weighted by molar-refractivity contribution is 0.0891. The van der Waals surface area contributed by atoms with Crippen LogP contribution < -0.4 is 10.6 Å². The van der Waals surface area contributed by atoms with Gasteiger partial charge in [0, 0.05) is 19.2 Å². The Morgan fingerprint density at radius 3 is 2.50 bits per heavy atom. The van der Waals surface area contributed by atoms with Crippen molar-refractivity contribution in [1.29, 1.82) is 0 Å². The summed E-state index contributed by atoms with van der Waals surface area (Å²) in [6, 6.07) is 1.36. The van der Waals surface area contributed by atoms with E-state index < -0.39 is 23.4 Å². The van der Waals surface area contributed by atoms with E-state index in [9.17, 15) is 18.0 Å². The zero-order chi connectivity index (χ0) is 15.5. The first kappa shape index (κ1) is 18.7. The number of hydrogen-bond acceptors (Lipinski definition) is 3. The smallest absolute Gasteiger partial charge is 0.251 e. The molecule has 1 saturated heterocycles. The Kier molecular flexibility index (Phi) is 6.65. The lowest BCUT2D eigenvalue weighted by Gasteiger charge is -2.28. The fourth-order valence-electron chi connectivity index (χ4n) is 2.51. The number of benzene rings is 1. The maximum absolute atomic E-state index is 13.1. The van der Waals surface area contributed by atoms with Crippen molar-refractivity contribution in [3.8, 4) is 0 Å². The third-order valence-corrected chi connectivity index (χ3v) is 3.59. The highest BCUT2D eigenvalue weighted by Crippen LogP contribution is 2.19. The van der Waals surface area contributed by atoms with Gasteiger partial charge in [0.05, 0.1) is 12.1 Å². The Morgan fingerprint density at radius 1 is 1.36 bits per heavy atom. The Morgan fingerprint density at radius 2 is 2.00 bits per heavy atom. The quantitative estimate of drug-likeness (QED) is 0.808. The molecule has 0 aliphatic carbocycles. The standard InChI is InChI=1S/C14H17F3N2O2.ClH/c1-21-8-14(3-2-4-19-14)7-18-13(20)9-5-10(15)12(17)11(16)6-9;/h5-6,19H,2-4,7-8H2,1H3,(H,18,20);1H. The van der Waals surface area contributed by atoms with E-state index in [1.54, 1.807) is 7.11 Å². The summed E-state index contributed by atoms with van der Waals surface area (Å²) in [6.07, 6.45) is 1.78. The molecule has 8 heteroatoms. The molecule has 1 aliphatic heterocycles. The van der Waals surface area contributed by atoms with Crippen LogP contribution in [0.15, 0.2) is 12.1 Å². The highest BCUT2D eigenvalue weighted by atomic mass is 35.5. The fraction of sp³-hybridized carbons (Fsp3) is 0.500. The number of hydrogen-bond donors (Lipinski definition) is 2. The van der Waals surface area contributed by atoms with Gasteiger partial charge in [0.25, 0.3) is 5.91 Å². The van der Waals surface area contributed by atoms with Gasteiger partial charge in [0.1, 0.15) is 0 Å². The van der Waals surface area contributed by atoms with Crippen molar-refractivity contribution in [2.45, 2.75) is 18.4 Å². The number of halogens is 4. The maximum Gasteiger partial charge on any atom is 0.251 e. The zero-order valence-corrected chi connectivity index (χ0v) is 12.9. The molecule has 2 rings (SSSR count). The molecule has 0 saturated carbocycles. The minimum atomic E-state index is -1.58. The van der Waals surface area contributed by atoms with Crippen LogP contribution in [0.1, 0.15) is 23.2 Å². The molecule has 124 valence electrons. The number of carbonyl (C=O) groups is 1. The van der Waals surface area contributed by atoms with Crippen LogP contribution in [0.3, 0.4) is 0 Å². The summed E-state index contributed by atoms with van der Waals surface area (Å²) in [5.41, 5.74) is -0.626. The Bertz CT molecular complexity index is 514. The highest BCUT2D eigenvalue weighted by Gasteiger charge is 2.33. The summed E-state index contributed by atoms with van der Waals surface area (Å²) in [5.74, 6) is -5.01. The van der Waals surface area contributed by atoms with Crippen LogP contribution in [0.25, 0.3) is 0 Å². The average Bonchev–Trinajstić information content (AvgIpc) is 2.91. The van der Waals surface area contributed by atoms with Crippen molar-refractivity contribution in [1.82, 2.24) is 10.6 Å². The second-order valence-electron chi connectivity index (χ2n) is 5.18. The van der Waals surface area contributed by atoms with E-state index in [-0.39, 0.29) is 30.1 Å². The Hall–Kier alpha value is -1.31. The second-order valence-corrected chi connectivity index (χ2v) is 5.18. The molecule has 0 aromatic heterocycles. The number of carbonyl (C=O) groups excluding carboxylic acids is 1. The Labute approximate surface area is 132 Å². The second kappa shape index (κ2) is 7.80. The van der Waals surface area contributed by atoms with Gasteiger partial charge in [-0.3, -0.25) is 4.79 Å². The monoisotopic (exact) mass is 338 g/mol. The van der Waals surface area contributed by atoms with Gasteiger partial charge < -0.3 is 15.4 Å². The maximum atomic E-state index is 13.1. The molecule has 2 N–H and O–H groups in total. The van der Waals surface area contributed by atoms with E-state index in [1.165, 1.54) is 0 Å². The van der Waals surface area contributed by atoms with Crippen molar-refractivity contribution in [3.05, 3.63) is 35.1 Å². The average molecular weight is 339 g/mol. The minimum absolute atomic E-state index is 0. The molecule has 1 fully saturated rings. The van der Waals surface area contributed by atoms with E-state index in [2.05, 4.69) is 10.6 Å². The molecule has 4 nitrogen and oxygen atoms in total. The van der Waals surface area contributed by atoms with Gasteiger partial charge in [0.2, 0.25) is 0 Å². The van der Waals surface area contributed by atoms with E-state index in [4.69, 9.17) is 4.74 Å². The molecule has 1 aliphatic rings. The lowest BCUT2D eigenvalue weighted by atomic mass is 9.98. The van der Waals surface area contributed by atoms with Crippen molar-refractivity contribution in [3.63, 3.8) is 0 Å². The molecule has 0 bridgehead atoms. The van der Waals surface area contributed by atoms with Gasteiger partial charge in [-0.2, -0.15) is 0 Å². The van der Waals surface area contributed by atoms with Crippen molar-refractivity contribution < 1.29 is 22.7 Å².